The summed E-state index contributed by atoms with van der Waals surface area (Å²) < 4.78 is 5.73. The van der Waals surface area contributed by atoms with Crippen LogP contribution in [0.3, 0.4) is 0 Å². The fraction of sp³-hybridized carbons (Fsp3) is 0.810. The van der Waals surface area contributed by atoms with E-state index in [1.165, 1.54) is 24.8 Å². The number of aliphatic carboxylic acids is 1. The molecule has 0 bridgehead atoms. The van der Waals surface area contributed by atoms with Crippen molar-refractivity contribution in [2.24, 2.45) is 11.8 Å². The molecule has 25 heavy (non-hydrogen) atoms. The molecule has 0 aromatic rings. The number of allylic oxidation sites excluding steroid dienone is 1. The molecule has 0 aromatic carbocycles. The summed E-state index contributed by atoms with van der Waals surface area (Å²) in [7, 11) is 0. The number of carbonyl (C=O) groups is 2. The van der Waals surface area contributed by atoms with Crippen LogP contribution in [0.25, 0.3) is 0 Å². The highest BCUT2D eigenvalue weighted by Crippen LogP contribution is 2.30. The SMILES string of the molecule is CCCCCCC(C(=O)OC(CCC)C(C)C(=O)O)C1=CCCCC1. The van der Waals surface area contributed by atoms with E-state index < -0.39 is 18.0 Å². The Labute approximate surface area is 153 Å². The van der Waals surface area contributed by atoms with E-state index in [0.29, 0.717) is 6.42 Å². The van der Waals surface area contributed by atoms with Gasteiger partial charge in [0.1, 0.15) is 6.10 Å². The summed E-state index contributed by atoms with van der Waals surface area (Å²) in [5, 5.41) is 9.28. The summed E-state index contributed by atoms with van der Waals surface area (Å²) in [6, 6.07) is 0. The molecule has 1 aliphatic rings. The van der Waals surface area contributed by atoms with E-state index in [2.05, 4.69) is 13.0 Å². The van der Waals surface area contributed by atoms with Crippen molar-refractivity contribution in [2.75, 3.05) is 0 Å². The molecule has 1 rings (SSSR count). The van der Waals surface area contributed by atoms with Crippen LogP contribution in [-0.2, 0) is 14.3 Å². The van der Waals surface area contributed by atoms with Crippen molar-refractivity contribution in [2.45, 2.75) is 97.5 Å². The molecule has 3 atom stereocenters. The summed E-state index contributed by atoms with van der Waals surface area (Å²) in [4.78, 5) is 24.2. The minimum absolute atomic E-state index is 0.183. The molecule has 3 unspecified atom stereocenters. The van der Waals surface area contributed by atoms with Gasteiger partial charge in [-0.05, 0) is 45.4 Å². The van der Waals surface area contributed by atoms with Crippen molar-refractivity contribution in [1.29, 1.82) is 0 Å². The number of rotatable bonds is 12. The van der Waals surface area contributed by atoms with Crippen LogP contribution in [0.1, 0.15) is 91.4 Å². The molecule has 0 radical (unpaired) electrons. The van der Waals surface area contributed by atoms with Gasteiger partial charge < -0.3 is 9.84 Å². The lowest BCUT2D eigenvalue weighted by Gasteiger charge is -2.26. The van der Waals surface area contributed by atoms with Gasteiger partial charge in [0.25, 0.3) is 0 Å². The molecular formula is C21H36O4. The van der Waals surface area contributed by atoms with E-state index in [-0.39, 0.29) is 11.9 Å². The van der Waals surface area contributed by atoms with Crippen molar-refractivity contribution >= 4 is 11.9 Å². The van der Waals surface area contributed by atoms with Crippen LogP contribution in [0, 0.1) is 11.8 Å². The number of carboxylic acids is 1. The number of carbonyl (C=O) groups excluding carboxylic acids is 1. The van der Waals surface area contributed by atoms with E-state index in [0.717, 1.165) is 44.9 Å². The van der Waals surface area contributed by atoms with E-state index in [9.17, 15) is 14.7 Å². The molecule has 1 aliphatic carbocycles. The molecule has 144 valence electrons. The Kier molecular flexibility index (Phi) is 10.5. The summed E-state index contributed by atoms with van der Waals surface area (Å²) in [5.74, 6) is -1.96. The van der Waals surface area contributed by atoms with Crippen LogP contribution in [0.15, 0.2) is 11.6 Å². The maximum Gasteiger partial charge on any atom is 0.313 e. The molecule has 0 heterocycles. The third-order valence-corrected chi connectivity index (χ3v) is 5.19. The summed E-state index contributed by atoms with van der Waals surface area (Å²) in [5.41, 5.74) is 1.21. The number of unbranched alkanes of at least 4 members (excludes halogenated alkanes) is 3. The Balaban J connectivity index is 2.78. The van der Waals surface area contributed by atoms with Crippen molar-refractivity contribution in [3.8, 4) is 0 Å². The van der Waals surface area contributed by atoms with E-state index in [4.69, 9.17) is 4.74 Å². The zero-order chi connectivity index (χ0) is 18.7. The molecule has 0 saturated heterocycles. The molecule has 0 fully saturated rings. The van der Waals surface area contributed by atoms with Gasteiger partial charge in [-0.1, -0.05) is 57.6 Å². The van der Waals surface area contributed by atoms with Gasteiger partial charge in [0.05, 0.1) is 11.8 Å². The smallest absolute Gasteiger partial charge is 0.313 e. The van der Waals surface area contributed by atoms with Gasteiger partial charge in [-0.2, -0.15) is 0 Å². The summed E-state index contributed by atoms with van der Waals surface area (Å²) in [6.45, 7) is 5.80. The zero-order valence-electron chi connectivity index (χ0n) is 16.3. The number of ether oxygens (including phenoxy) is 1. The van der Waals surface area contributed by atoms with Gasteiger partial charge in [-0.25, -0.2) is 0 Å². The average molecular weight is 353 g/mol. The first-order valence-corrected chi connectivity index (χ1v) is 10.1. The summed E-state index contributed by atoms with van der Waals surface area (Å²) >= 11 is 0. The van der Waals surface area contributed by atoms with Gasteiger partial charge in [-0.15, -0.1) is 0 Å². The van der Waals surface area contributed by atoms with E-state index >= 15 is 0 Å². The third kappa shape index (κ3) is 7.62. The summed E-state index contributed by atoms with van der Waals surface area (Å²) in [6.07, 6.45) is 12.8. The first-order valence-electron chi connectivity index (χ1n) is 10.1. The highest BCUT2D eigenvalue weighted by atomic mass is 16.5. The van der Waals surface area contributed by atoms with Crippen LogP contribution < -0.4 is 0 Å². The normalized spacial score (nSPS) is 18.1. The second kappa shape index (κ2) is 12.1. The predicted octanol–water partition coefficient (Wildman–Crippen LogP) is 5.51. The minimum atomic E-state index is -0.900. The Morgan fingerprint density at radius 3 is 2.44 bits per heavy atom. The maximum absolute atomic E-state index is 12.9. The topological polar surface area (TPSA) is 63.6 Å². The van der Waals surface area contributed by atoms with Crippen LogP contribution in [0.5, 0.6) is 0 Å². The largest absolute Gasteiger partial charge is 0.481 e. The molecular weight excluding hydrogens is 316 g/mol. The van der Waals surface area contributed by atoms with Crippen molar-refractivity contribution in [3.05, 3.63) is 11.6 Å². The first-order chi connectivity index (χ1) is 12.0. The van der Waals surface area contributed by atoms with Crippen LogP contribution >= 0.6 is 0 Å². The van der Waals surface area contributed by atoms with Crippen molar-refractivity contribution in [3.63, 3.8) is 0 Å². The Hall–Kier alpha value is -1.32. The Bertz CT molecular complexity index is 441. The van der Waals surface area contributed by atoms with Crippen LogP contribution in [-0.4, -0.2) is 23.1 Å². The van der Waals surface area contributed by atoms with Crippen molar-refractivity contribution in [1.82, 2.24) is 0 Å². The second-order valence-electron chi connectivity index (χ2n) is 7.32. The highest BCUT2D eigenvalue weighted by Gasteiger charge is 2.31. The van der Waals surface area contributed by atoms with Gasteiger partial charge in [-0.3, -0.25) is 9.59 Å². The van der Waals surface area contributed by atoms with Crippen LogP contribution in [0.2, 0.25) is 0 Å². The zero-order valence-corrected chi connectivity index (χ0v) is 16.3. The van der Waals surface area contributed by atoms with Gasteiger partial charge in [0.2, 0.25) is 0 Å². The monoisotopic (exact) mass is 352 g/mol. The molecule has 4 heteroatoms. The highest BCUT2D eigenvalue weighted by molar-refractivity contribution is 5.77. The molecule has 1 N–H and O–H groups in total. The molecule has 0 amide bonds. The quantitative estimate of drug-likeness (QED) is 0.286. The fourth-order valence-corrected chi connectivity index (χ4v) is 3.50. The molecule has 0 aliphatic heterocycles. The predicted molar refractivity (Wildman–Crippen MR) is 100 cm³/mol. The maximum atomic E-state index is 12.9. The van der Waals surface area contributed by atoms with E-state index in [1.807, 2.05) is 6.92 Å². The molecule has 0 aromatic heterocycles. The van der Waals surface area contributed by atoms with E-state index in [1.54, 1.807) is 6.92 Å². The first kappa shape index (κ1) is 21.7. The number of esters is 1. The number of hydrogen-bond acceptors (Lipinski definition) is 3. The van der Waals surface area contributed by atoms with Gasteiger partial charge in [0.15, 0.2) is 0 Å². The van der Waals surface area contributed by atoms with Gasteiger partial charge >= 0.3 is 11.9 Å². The number of hydrogen-bond donors (Lipinski definition) is 1. The lowest BCUT2D eigenvalue weighted by Crippen LogP contribution is -2.33. The standard InChI is InChI=1S/C21H36O4/c1-4-6-7-11-15-18(17-13-9-8-10-14-17)21(24)25-19(12-5-2)16(3)20(22)23/h13,16,18-19H,4-12,14-15H2,1-3H3,(H,22,23). The van der Waals surface area contributed by atoms with Gasteiger partial charge in [0, 0.05) is 0 Å². The second-order valence-corrected chi connectivity index (χ2v) is 7.32. The lowest BCUT2D eigenvalue weighted by molar-refractivity contribution is -0.161. The molecule has 4 nitrogen and oxygen atoms in total. The fourth-order valence-electron chi connectivity index (χ4n) is 3.50. The lowest BCUT2D eigenvalue weighted by atomic mass is 9.85. The Morgan fingerprint density at radius 1 is 1.12 bits per heavy atom. The van der Waals surface area contributed by atoms with Crippen molar-refractivity contribution < 1.29 is 19.4 Å². The third-order valence-electron chi connectivity index (χ3n) is 5.19. The molecule has 0 spiro atoms. The van der Waals surface area contributed by atoms with Crippen LogP contribution in [0.4, 0.5) is 0 Å². The minimum Gasteiger partial charge on any atom is -0.481 e. The average Bonchev–Trinajstić information content (AvgIpc) is 2.61. The Morgan fingerprint density at radius 2 is 1.88 bits per heavy atom. The number of carboxylic acid groups (broad SMARTS) is 1. The molecule has 0 saturated carbocycles.